The van der Waals surface area contributed by atoms with Gasteiger partial charge in [0, 0.05) is 30.7 Å². The van der Waals surface area contributed by atoms with Crippen LogP contribution >= 0.6 is 11.3 Å². The molecule has 0 radical (unpaired) electrons. The van der Waals surface area contributed by atoms with Crippen LogP contribution in [0.25, 0.3) is 0 Å². The van der Waals surface area contributed by atoms with Crippen LogP contribution in [0.3, 0.4) is 0 Å². The van der Waals surface area contributed by atoms with Gasteiger partial charge in [0.1, 0.15) is 0 Å². The zero-order chi connectivity index (χ0) is 10.1. The van der Waals surface area contributed by atoms with Crippen molar-refractivity contribution >= 4 is 16.5 Å². The van der Waals surface area contributed by atoms with Gasteiger partial charge in [-0.25, -0.2) is 4.98 Å². The zero-order valence-electron chi connectivity index (χ0n) is 8.68. The molecule has 1 aliphatic rings. The van der Waals surface area contributed by atoms with Crippen LogP contribution in [0.15, 0.2) is 11.6 Å². The lowest BCUT2D eigenvalue weighted by atomic mass is 9.87. The van der Waals surface area contributed by atoms with Crippen LogP contribution in [-0.4, -0.2) is 24.1 Å². The predicted octanol–water partition coefficient (Wildman–Crippen LogP) is 1.56. The van der Waals surface area contributed by atoms with E-state index in [0.717, 1.165) is 18.2 Å². The highest BCUT2D eigenvalue weighted by molar-refractivity contribution is 7.13. The number of hydrogen-bond donors (Lipinski definition) is 1. The van der Waals surface area contributed by atoms with Crippen LogP contribution < -0.4 is 10.6 Å². The Hall–Kier alpha value is -0.610. The Morgan fingerprint density at radius 3 is 2.57 bits per heavy atom. The van der Waals surface area contributed by atoms with Crippen LogP contribution in [0.1, 0.15) is 13.8 Å². The third kappa shape index (κ3) is 1.77. The van der Waals surface area contributed by atoms with Gasteiger partial charge in [0.2, 0.25) is 0 Å². The van der Waals surface area contributed by atoms with Gasteiger partial charge in [-0.1, -0.05) is 13.8 Å². The maximum Gasteiger partial charge on any atom is 0.185 e. The molecule has 2 N–H and O–H groups in total. The molecule has 3 nitrogen and oxygen atoms in total. The second kappa shape index (κ2) is 3.87. The Labute approximate surface area is 88.9 Å². The first-order valence-electron chi connectivity index (χ1n) is 5.08. The van der Waals surface area contributed by atoms with Crippen LogP contribution in [0.2, 0.25) is 0 Å². The highest BCUT2D eigenvalue weighted by Gasteiger charge is 2.29. The fourth-order valence-corrected chi connectivity index (χ4v) is 2.77. The Morgan fingerprint density at radius 1 is 1.43 bits per heavy atom. The quantitative estimate of drug-likeness (QED) is 0.766. The maximum atomic E-state index is 6.09. The molecular formula is C10H17N3S. The van der Waals surface area contributed by atoms with Crippen LogP contribution in [0.5, 0.6) is 0 Å². The summed E-state index contributed by atoms with van der Waals surface area (Å²) in [5, 5.41) is 3.16. The van der Waals surface area contributed by atoms with E-state index in [0.29, 0.717) is 17.9 Å². The normalized spacial score (nSPS) is 33.4. The lowest BCUT2D eigenvalue weighted by molar-refractivity contribution is 0.298. The van der Waals surface area contributed by atoms with Crippen molar-refractivity contribution in [3.63, 3.8) is 0 Å². The molecule has 1 fully saturated rings. The summed E-state index contributed by atoms with van der Waals surface area (Å²) in [7, 11) is 0. The molecular weight excluding hydrogens is 194 g/mol. The van der Waals surface area contributed by atoms with Crippen LogP contribution in [0, 0.1) is 11.8 Å². The summed E-state index contributed by atoms with van der Waals surface area (Å²) in [6.07, 6.45) is 1.86. The summed E-state index contributed by atoms with van der Waals surface area (Å²) in [5.41, 5.74) is 6.09. The molecule has 0 saturated carbocycles. The monoisotopic (exact) mass is 211 g/mol. The second-order valence-electron chi connectivity index (χ2n) is 4.25. The number of rotatable bonds is 1. The molecule has 0 spiro atoms. The van der Waals surface area contributed by atoms with E-state index in [9.17, 15) is 0 Å². The summed E-state index contributed by atoms with van der Waals surface area (Å²) >= 11 is 1.71. The SMILES string of the molecule is CC1CN(c2nccs2)CC(C)C1N. The summed E-state index contributed by atoms with van der Waals surface area (Å²) in [5.74, 6) is 1.12. The lowest BCUT2D eigenvalue weighted by Crippen LogP contribution is -2.51. The average Bonchev–Trinajstić information content (AvgIpc) is 2.66. The van der Waals surface area contributed by atoms with E-state index < -0.39 is 0 Å². The van der Waals surface area contributed by atoms with Crippen molar-refractivity contribution in [3.8, 4) is 0 Å². The Kier molecular flexibility index (Phi) is 2.74. The Balaban J connectivity index is 2.10. The van der Waals surface area contributed by atoms with Crippen molar-refractivity contribution in [2.75, 3.05) is 18.0 Å². The van der Waals surface area contributed by atoms with E-state index in [4.69, 9.17) is 5.73 Å². The number of anilines is 1. The topological polar surface area (TPSA) is 42.2 Å². The van der Waals surface area contributed by atoms with Gasteiger partial charge in [0.15, 0.2) is 5.13 Å². The number of nitrogens with two attached hydrogens (primary N) is 1. The number of nitrogens with zero attached hydrogens (tertiary/aromatic N) is 2. The van der Waals surface area contributed by atoms with E-state index in [-0.39, 0.29) is 0 Å². The van der Waals surface area contributed by atoms with E-state index in [2.05, 4.69) is 23.7 Å². The molecule has 1 aromatic rings. The van der Waals surface area contributed by atoms with Gasteiger partial charge in [0.05, 0.1) is 0 Å². The Morgan fingerprint density at radius 2 is 2.07 bits per heavy atom. The number of aromatic nitrogens is 1. The van der Waals surface area contributed by atoms with Gasteiger partial charge >= 0.3 is 0 Å². The highest BCUT2D eigenvalue weighted by atomic mass is 32.1. The van der Waals surface area contributed by atoms with Crippen molar-refractivity contribution < 1.29 is 0 Å². The smallest absolute Gasteiger partial charge is 0.185 e. The summed E-state index contributed by atoms with van der Waals surface area (Å²) in [4.78, 5) is 6.69. The van der Waals surface area contributed by atoms with Crippen molar-refractivity contribution in [2.24, 2.45) is 17.6 Å². The summed E-state index contributed by atoms with van der Waals surface area (Å²) in [6, 6.07) is 0.339. The molecule has 2 rings (SSSR count). The third-order valence-electron chi connectivity index (χ3n) is 3.02. The van der Waals surface area contributed by atoms with Crippen molar-refractivity contribution in [1.82, 2.24) is 4.98 Å². The molecule has 2 atom stereocenters. The Bertz CT molecular complexity index is 274. The van der Waals surface area contributed by atoms with Gasteiger partial charge < -0.3 is 10.6 Å². The van der Waals surface area contributed by atoms with Gasteiger partial charge in [0.25, 0.3) is 0 Å². The molecule has 0 amide bonds. The largest absolute Gasteiger partial charge is 0.347 e. The first-order valence-corrected chi connectivity index (χ1v) is 5.96. The minimum atomic E-state index is 0.339. The zero-order valence-corrected chi connectivity index (χ0v) is 9.50. The van der Waals surface area contributed by atoms with Gasteiger partial charge in [-0.05, 0) is 11.8 Å². The molecule has 0 bridgehead atoms. The van der Waals surface area contributed by atoms with Crippen molar-refractivity contribution in [3.05, 3.63) is 11.6 Å². The summed E-state index contributed by atoms with van der Waals surface area (Å²) in [6.45, 7) is 6.53. The average molecular weight is 211 g/mol. The molecule has 78 valence electrons. The number of thiazole rings is 1. The standard InChI is InChI=1S/C10H17N3S/c1-7-5-13(6-8(2)9(7)11)10-12-3-4-14-10/h3-4,7-9H,5-6,11H2,1-2H3. The summed E-state index contributed by atoms with van der Waals surface area (Å²) < 4.78 is 0. The highest BCUT2D eigenvalue weighted by Crippen LogP contribution is 2.26. The van der Waals surface area contributed by atoms with Crippen LogP contribution in [0.4, 0.5) is 5.13 Å². The second-order valence-corrected chi connectivity index (χ2v) is 5.12. The van der Waals surface area contributed by atoms with E-state index in [1.165, 1.54) is 0 Å². The minimum Gasteiger partial charge on any atom is -0.347 e. The molecule has 0 aliphatic carbocycles. The molecule has 2 heterocycles. The maximum absolute atomic E-state index is 6.09. The molecule has 1 saturated heterocycles. The number of hydrogen-bond acceptors (Lipinski definition) is 4. The van der Waals surface area contributed by atoms with Crippen LogP contribution in [-0.2, 0) is 0 Å². The van der Waals surface area contributed by atoms with Crippen molar-refractivity contribution in [1.29, 1.82) is 0 Å². The predicted molar refractivity (Wildman–Crippen MR) is 60.6 cm³/mol. The molecule has 1 aromatic heterocycles. The van der Waals surface area contributed by atoms with Gasteiger partial charge in [-0.3, -0.25) is 0 Å². The first-order chi connectivity index (χ1) is 6.68. The fourth-order valence-electron chi connectivity index (χ4n) is 2.10. The first kappa shape index (κ1) is 9.93. The molecule has 1 aliphatic heterocycles. The molecule has 2 unspecified atom stereocenters. The van der Waals surface area contributed by atoms with Gasteiger partial charge in [-0.2, -0.15) is 0 Å². The third-order valence-corrected chi connectivity index (χ3v) is 3.85. The van der Waals surface area contributed by atoms with Gasteiger partial charge in [-0.15, -0.1) is 11.3 Å². The molecule has 14 heavy (non-hydrogen) atoms. The molecule has 0 aromatic carbocycles. The number of piperidine rings is 1. The lowest BCUT2D eigenvalue weighted by Gasteiger charge is -2.39. The molecule has 4 heteroatoms. The van der Waals surface area contributed by atoms with E-state index in [1.807, 2.05) is 11.6 Å². The minimum absolute atomic E-state index is 0.339. The van der Waals surface area contributed by atoms with Crippen molar-refractivity contribution in [2.45, 2.75) is 19.9 Å². The fraction of sp³-hybridized carbons (Fsp3) is 0.700. The van der Waals surface area contributed by atoms with E-state index in [1.54, 1.807) is 11.3 Å². The van der Waals surface area contributed by atoms with E-state index >= 15 is 0 Å².